The van der Waals surface area contributed by atoms with Crippen molar-refractivity contribution in [2.45, 2.75) is 96.1 Å². The molecule has 1 aliphatic carbocycles. The lowest BCUT2D eigenvalue weighted by atomic mass is 9.92. The van der Waals surface area contributed by atoms with Crippen LogP contribution in [0.3, 0.4) is 0 Å². The molecule has 0 atom stereocenters. The summed E-state index contributed by atoms with van der Waals surface area (Å²) in [6, 6.07) is 19.7. The number of carbonyl (C=O) groups is 1. The number of halogens is 3. The monoisotopic (exact) mass is 684 g/mol. The van der Waals surface area contributed by atoms with E-state index in [1.54, 1.807) is 6.07 Å². The maximum Gasteiger partial charge on any atom is 0.416 e. The van der Waals surface area contributed by atoms with Crippen LogP contribution >= 0.6 is 0 Å². The van der Waals surface area contributed by atoms with Crippen LogP contribution in [0.1, 0.15) is 91.4 Å². The summed E-state index contributed by atoms with van der Waals surface area (Å²) in [6.07, 6.45) is 2.85. The summed E-state index contributed by atoms with van der Waals surface area (Å²) in [5.41, 5.74) is 3.07. The second-order valence-electron chi connectivity index (χ2n) is 14.7. The lowest BCUT2D eigenvalue weighted by Gasteiger charge is -2.40. The normalized spacial score (nSPS) is 18.8. The summed E-state index contributed by atoms with van der Waals surface area (Å²) in [5.74, 6) is 0.402. The van der Waals surface area contributed by atoms with E-state index >= 15 is 0 Å². The number of piperidine rings is 2. The molecule has 3 aliphatic rings. The SMILES string of the molecule is Cc1cc2c(C(=O)NC3(c4ccccc4)CC3)c(CN3CCC(N4CCCCC4)CC3)c(-c3cccc(C(F)(F)F)c3)nc2cc1OC(C)C. The van der Waals surface area contributed by atoms with Crippen LogP contribution in [-0.2, 0) is 18.3 Å². The first kappa shape index (κ1) is 34.5. The van der Waals surface area contributed by atoms with Crippen molar-refractivity contribution < 1.29 is 22.7 Å². The molecule has 1 aromatic heterocycles. The van der Waals surface area contributed by atoms with Gasteiger partial charge in [0.1, 0.15) is 5.75 Å². The summed E-state index contributed by atoms with van der Waals surface area (Å²) in [7, 11) is 0. The molecule has 0 unspecified atom stereocenters. The van der Waals surface area contributed by atoms with Crippen LogP contribution in [0.25, 0.3) is 22.2 Å². The van der Waals surface area contributed by atoms with Crippen molar-refractivity contribution in [1.29, 1.82) is 0 Å². The summed E-state index contributed by atoms with van der Waals surface area (Å²) in [4.78, 5) is 24.9. The molecule has 0 spiro atoms. The van der Waals surface area contributed by atoms with E-state index in [0.717, 1.165) is 75.1 Å². The summed E-state index contributed by atoms with van der Waals surface area (Å²) in [6.45, 7) is 10.2. The van der Waals surface area contributed by atoms with Crippen molar-refractivity contribution in [1.82, 2.24) is 20.1 Å². The third-order valence-corrected chi connectivity index (χ3v) is 10.7. The molecule has 2 aliphatic heterocycles. The van der Waals surface area contributed by atoms with Crippen molar-refractivity contribution in [3.63, 3.8) is 0 Å². The van der Waals surface area contributed by atoms with E-state index in [-0.39, 0.29) is 12.0 Å². The van der Waals surface area contributed by atoms with Gasteiger partial charge in [0.25, 0.3) is 5.91 Å². The van der Waals surface area contributed by atoms with Gasteiger partial charge in [0.15, 0.2) is 0 Å². The number of hydrogen-bond acceptors (Lipinski definition) is 5. The van der Waals surface area contributed by atoms with Gasteiger partial charge in [-0.1, -0.05) is 48.9 Å². The van der Waals surface area contributed by atoms with Gasteiger partial charge in [-0.2, -0.15) is 13.2 Å². The number of nitrogens with one attached hydrogen (secondary N) is 1. The van der Waals surface area contributed by atoms with Crippen LogP contribution < -0.4 is 10.1 Å². The minimum atomic E-state index is -4.52. The Kier molecular flexibility index (Phi) is 9.65. The molecule has 3 fully saturated rings. The molecule has 1 N–H and O–H groups in total. The number of likely N-dealkylation sites (tertiary alicyclic amines) is 2. The Morgan fingerprint density at radius 1 is 0.960 bits per heavy atom. The predicted octanol–water partition coefficient (Wildman–Crippen LogP) is 8.89. The van der Waals surface area contributed by atoms with Crippen LogP contribution in [0.4, 0.5) is 13.2 Å². The Morgan fingerprint density at radius 3 is 2.34 bits per heavy atom. The highest BCUT2D eigenvalue weighted by Crippen LogP contribution is 2.46. The number of hydrogen-bond donors (Lipinski definition) is 1. The number of nitrogens with zero attached hydrogens (tertiary/aromatic N) is 3. The molecule has 4 aromatic rings. The third kappa shape index (κ3) is 7.26. The Labute approximate surface area is 293 Å². The van der Waals surface area contributed by atoms with E-state index in [9.17, 15) is 18.0 Å². The van der Waals surface area contributed by atoms with E-state index in [0.29, 0.717) is 51.6 Å². The molecule has 6 nitrogen and oxygen atoms in total. The number of rotatable bonds is 9. The second kappa shape index (κ2) is 14.0. The van der Waals surface area contributed by atoms with Gasteiger partial charge < -0.3 is 15.0 Å². The highest BCUT2D eigenvalue weighted by molar-refractivity contribution is 6.10. The molecule has 50 heavy (non-hydrogen) atoms. The topological polar surface area (TPSA) is 57.7 Å². The van der Waals surface area contributed by atoms with Gasteiger partial charge in [-0.05, 0) is 115 Å². The fourth-order valence-corrected chi connectivity index (χ4v) is 7.91. The summed E-state index contributed by atoms with van der Waals surface area (Å²) in [5, 5.41) is 4.07. The largest absolute Gasteiger partial charge is 0.491 e. The fraction of sp³-hybridized carbons (Fsp3) is 0.463. The Balaban J connectivity index is 1.36. The van der Waals surface area contributed by atoms with Gasteiger partial charge >= 0.3 is 6.18 Å². The standard InChI is InChI=1S/C41H47F3N4O2/c1-27(2)50-36-25-35-33(23-28(36)3)37(39(49)46-40(17-18-40)30-12-6-4-7-13-30)34(38(45-35)29-11-10-14-31(24-29)41(42,43)44)26-47-21-15-32(16-22-47)48-19-8-5-9-20-48/h4,6-7,10-14,23-25,27,32H,5,8-9,15-22,26H2,1-3H3,(H,46,49). The molecule has 3 heterocycles. The number of benzene rings is 3. The molecule has 2 saturated heterocycles. The molecular formula is C41H47F3N4O2. The highest BCUT2D eigenvalue weighted by Gasteiger charge is 2.46. The van der Waals surface area contributed by atoms with Crippen LogP contribution in [0.5, 0.6) is 5.75 Å². The minimum absolute atomic E-state index is 0.0930. The molecule has 1 amide bonds. The number of aromatic nitrogens is 1. The van der Waals surface area contributed by atoms with E-state index in [4.69, 9.17) is 9.72 Å². The van der Waals surface area contributed by atoms with Crippen LogP contribution in [0, 0.1) is 6.92 Å². The number of ether oxygens (including phenoxy) is 1. The first-order chi connectivity index (χ1) is 24.0. The zero-order chi connectivity index (χ0) is 35.0. The van der Waals surface area contributed by atoms with Gasteiger partial charge in [-0.15, -0.1) is 0 Å². The lowest BCUT2D eigenvalue weighted by molar-refractivity contribution is -0.137. The van der Waals surface area contributed by atoms with E-state index in [1.165, 1.54) is 25.3 Å². The quantitative estimate of drug-likeness (QED) is 0.191. The maximum absolute atomic E-state index is 14.8. The molecule has 1 saturated carbocycles. The average Bonchev–Trinajstić information content (AvgIpc) is 3.89. The lowest BCUT2D eigenvalue weighted by Crippen LogP contribution is -2.46. The minimum Gasteiger partial charge on any atom is -0.491 e. The first-order valence-corrected chi connectivity index (χ1v) is 18.2. The first-order valence-electron chi connectivity index (χ1n) is 18.2. The van der Waals surface area contributed by atoms with Gasteiger partial charge in [0, 0.05) is 35.2 Å². The third-order valence-electron chi connectivity index (χ3n) is 10.7. The molecular weight excluding hydrogens is 637 g/mol. The fourth-order valence-electron chi connectivity index (χ4n) is 7.91. The zero-order valence-corrected chi connectivity index (χ0v) is 29.3. The van der Waals surface area contributed by atoms with Gasteiger partial charge in [0.05, 0.1) is 34.0 Å². The van der Waals surface area contributed by atoms with Crippen molar-refractivity contribution in [3.05, 3.63) is 94.5 Å². The molecule has 3 aromatic carbocycles. The van der Waals surface area contributed by atoms with Gasteiger partial charge in [-0.3, -0.25) is 9.69 Å². The Hall–Kier alpha value is -3.95. The van der Waals surface area contributed by atoms with E-state index in [2.05, 4.69) is 15.1 Å². The number of aryl methyl sites for hydroxylation is 1. The van der Waals surface area contributed by atoms with E-state index in [1.807, 2.05) is 63.2 Å². The Bertz CT molecular complexity index is 1840. The van der Waals surface area contributed by atoms with Crippen LogP contribution in [0.15, 0.2) is 66.7 Å². The zero-order valence-electron chi connectivity index (χ0n) is 29.3. The van der Waals surface area contributed by atoms with Gasteiger partial charge in [0.2, 0.25) is 0 Å². The molecule has 0 bridgehead atoms. The van der Waals surface area contributed by atoms with Gasteiger partial charge in [-0.25, -0.2) is 4.98 Å². The average molecular weight is 685 g/mol. The van der Waals surface area contributed by atoms with Crippen molar-refractivity contribution in [2.75, 3.05) is 26.2 Å². The second-order valence-corrected chi connectivity index (χ2v) is 14.7. The van der Waals surface area contributed by atoms with Crippen LogP contribution in [0.2, 0.25) is 0 Å². The van der Waals surface area contributed by atoms with Crippen molar-refractivity contribution in [3.8, 4) is 17.0 Å². The summed E-state index contributed by atoms with van der Waals surface area (Å²) < 4.78 is 48.3. The highest BCUT2D eigenvalue weighted by atomic mass is 19.4. The number of pyridine rings is 1. The molecule has 9 heteroatoms. The van der Waals surface area contributed by atoms with Crippen molar-refractivity contribution >= 4 is 16.8 Å². The smallest absolute Gasteiger partial charge is 0.416 e. The molecule has 264 valence electrons. The maximum atomic E-state index is 14.8. The number of amides is 1. The van der Waals surface area contributed by atoms with Crippen molar-refractivity contribution in [2.24, 2.45) is 0 Å². The molecule has 0 radical (unpaired) electrons. The van der Waals surface area contributed by atoms with E-state index < -0.39 is 17.3 Å². The van der Waals surface area contributed by atoms with Crippen LogP contribution in [-0.4, -0.2) is 59.0 Å². The number of fused-ring (bicyclic) bond motifs is 1. The predicted molar refractivity (Wildman–Crippen MR) is 191 cm³/mol. The Morgan fingerprint density at radius 2 is 1.68 bits per heavy atom. The number of carbonyl (C=O) groups excluding carboxylic acids is 1. The summed E-state index contributed by atoms with van der Waals surface area (Å²) >= 11 is 0. The number of alkyl halides is 3. The molecule has 7 rings (SSSR count).